The minimum atomic E-state index is -0.0774. The van der Waals surface area contributed by atoms with Crippen LogP contribution in [0.5, 0.6) is 0 Å². The lowest BCUT2D eigenvalue weighted by molar-refractivity contribution is 0.310. The van der Waals surface area contributed by atoms with E-state index in [2.05, 4.69) is 46.9 Å². The topological polar surface area (TPSA) is 58.0 Å². The van der Waals surface area contributed by atoms with E-state index < -0.39 is 0 Å². The third-order valence-corrected chi connectivity index (χ3v) is 2.90. The Labute approximate surface area is 116 Å². The van der Waals surface area contributed by atoms with Crippen molar-refractivity contribution in [3.63, 3.8) is 0 Å². The van der Waals surface area contributed by atoms with Gasteiger partial charge in [-0.25, -0.2) is 4.98 Å². The van der Waals surface area contributed by atoms with Crippen LogP contribution in [0.3, 0.4) is 0 Å². The van der Waals surface area contributed by atoms with Crippen molar-refractivity contribution in [2.45, 2.75) is 59.3 Å². The Morgan fingerprint density at radius 1 is 0.947 bits per heavy atom. The van der Waals surface area contributed by atoms with Crippen LogP contribution in [0, 0.1) is 6.92 Å². The van der Waals surface area contributed by atoms with Gasteiger partial charge in [-0.1, -0.05) is 41.5 Å². The van der Waals surface area contributed by atoms with E-state index in [1.807, 2.05) is 6.92 Å². The molecule has 1 rings (SSSR count). The molecule has 0 amide bonds. The molecule has 19 heavy (non-hydrogen) atoms. The van der Waals surface area contributed by atoms with Crippen LogP contribution in [0.25, 0.3) is 0 Å². The fraction of sp³-hybridized carbons (Fsp3) is 0.733. The largest absolute Gasteiger partial charge is 0.395 e. The SMILES string of the molecule is Cc1nc(C(C)(C)C)c(NCCO)nc1C(C)(C)C. The van der Waals surface area contributed by atoms with Crippen LogP contribution in [0.15, 0.2) is 0 Å². The lowest BCUT2D eigenvalue weighted by Crippen LogP contribution is -2.24. The van der Waals surface area contributed by atoms with Gasteiger partial charge in [0, 0.05) is 17.4 Å². The first-order valence-corrected chi connectivity index (χ1v) is 6.81. The maximum Gasteiger partial charge on any atom is 0.148 e. The number of aromatic nitrogens is 2. The number of hydrogen-bond donors (Lipinski definition) is 2. The zero-order chi connectivity index (χ0) is 14.8. The Kier molecular flexibility index (Phi) is 4.56. The van der Waals surface area contributed by atoms with Crippen LogP contribution in [0.1, 0.15) is 58.6 Å². The molecule has 0 spiro atoms. The number of nitrogens with one attached hydrogen (secondary N) is 1. The molecule has 0 aliphatic heterocycles. The number of aliphatic hydroxyl groups is 1. The number of aliphatic hydroxyl groups excluding tert-OH is 1. The summed E-state index contributed by atoms with van der Waals surface area (Å²) in [5, 5.41) is 12.2. The molecule has 0 saturated carbocycles. The lowest BCUT2D eigenvalue weighted by Gasteiger charge is -2.26. The fourth-order valence-corrected chi connectivity index (χ4v) is 2.05. The monoisotopic (exact) mass is 265 g/mol. The van der Waals surface area contributed by atoms with Crippen molar-refractivity contribution >= 4 is 5.82 Å². The van der Waals surface area contributed by atoms with Gasteiger partial charge < -0.3 is 10.4 Å². The van der Waals surface area contributed by atoms with Crippen molar-refractivity contribution < 1.29 is 5.11 Å². The quantitative estimate of drug-likeness (QED) is 0.882. The van der Waals surface area contributed by atoms with Crippen molar-refractivity contribution in [1.29, 1.82) is 0 Å². The standard InChI is InChI=1S/C15H27N3O/c1-10-11(14(2,3)4)18-13(16-8-9-19)12(17-10)15(5,6)7/h19H,8-9H2,1-7H3,(H,16,18). The second-order valence-corrected chi connectivity index (χ2v) is 7.01. The second-order valence-electron chi connectivity index (χ2n) is 7.01. The summed E-state index contributed by atoms with van der Waals surface area (Å²) in [6.07, 6.45) is 0. The molecule has 0 saturated heterocycles. The number of anilines is 1. The zero-order valence-electron chi connectivity index (χ0n) is 13.3. The summed E-state index contributed by atoms with van der Waals surface area (Å²) in [5.74, 6) is 0.789. The number of rotatable bonds is 3. The van der Waals surface area contributed by atoms with Crippen LogP contribution >= 0.6 is 0 Å². The first kappa shape index (κ1) is 15.9. The van der Waals surface area contributed by atoms with Gasteiger partial charge in [-0.05, 0) is 6.92 Å². The molecule has 0 aliphatic carbocycles. The van der Waals surface area contributed by atoms with Gasteiger partial charge in [-0.2, -0.15) is 0 Å². The summed E-state index contributed by atoms with van der Waals surface area (Å²) in [5.41, 5.74) is 2.81. The van der Waals surface area contributed by atoms with Crippen molar-refractivity contribution in [3.8, 4) is 0 Å². The van der Waals surface area contributed by atoms with Crippen LogP contribution in [-0.2, 0) is 10.8 Å². The minimum absolute atomic E-state index is 0.0385. The van der Waals surface area contributed by atoms with Crippen molar-refractivity contribution in [2.24, 2.45) is 0 Å². The molecular weight excluding hydrogens is 238 g/mol. The average Bonchev–Trinajstić information content (AvgIpc) is 2.24. The third-order valence-electron chi connectivity index (χ3n) is 2.90. The van der Waals surface area contributed by atoms with E-state index in [9.17, 15) is 0 Å². The van der Waals surface area contributed by atoms with Crippen LogP contribution in [-0.4, -0.2) is 28.2 Å². The van der Waals surface area contributed by atoms with Crippen LogP contribution in [0.2, 0.25) is 0 Å². The molecule has 0 aliphatic rings. The molecule has 0 atom stereocenters. The van der Waals surface area contributed by atoms with Gasteiger partial charge >= 0.3 is 0 Å². The highest BCUT2D eigenvalue weighted by atomic mass is 16.3. The molecule has 1 aromatic heterocycles. The summed E-state index contributed by atoms with van der Waals surface area (Å²) in [4.78, 5) is 9.52. The first-order chi connectivity index (χ1) is 8.57. The summed E-state index contributed by atoms with van der Waals surface area (Å²) < 4.78 is 0. The van der Waals surface area contributed by atoms with Gasteiger partial charge in [0.05, 0.1) is 23.7 Å². The van der Waals surface area contributed by atoms with Gasteiger partial charge in [0.2, 0.25) is 0 Å². The lowest BCUT2D eigenvalue weighted by atomic mass is 9.88. The molecule has 2 N–H and O–H groups in total. The molecular formula is C15H27N3O. The predicted octanol–water partition coefficient (Wildman–Crippen LogP) is 2.78. The normalized spacial score (nSPS) is 12.6. The Morgan fingerprint density at radius 2 is 1.47 bits per heavy atom. The molecule has 1 heterocycles. The summed E-state index contributed by atoms with van der Waals surface area (Å²) >= 11 is 0. The minimum Gasteiger partial charge on any atom is -0.395 e. The number of hydrogen-bond acceptors (Lipinski definition) is 4. The molecule has 0 bridgehead atoms. The molecule has 1 aromatic rings. The maximum atomic E-state index is 8.99. The Hall–Kier alpha value is -1.16. The number of nitrogens with zero attached hydrogens (tertiary/aromatic N) is 2. The average molecular weight is 265 g/mol. The second kappa shape index (κ2) is 5.45. The van der Waals surface area contributed by atoms with Gasteiger partial charge in [0.25, 0.3) is 0 Å². The van der Waals surface area contributed by atoms with E-state index >= 15 is 0 Å². The highest BCUT2D eigenvalue weighted by Crippen LogP contribution is 2.31. The fourth-order valence-electron chi connectivity index (χ4n) is 2.05. The van der Waals surface area contributed by atoms with Gasteiger partial charge in [-0.15, -0.1) is 0 Å². The molecule has 0 aromatic carbocycles. The van der Waals surface area contributed by atoms with E-state index in [1.54, 1.807) is 0 Å². The Balaban J connectivity index is 3.37. The highest BCUT2D eigenvalue weighted by molar-refractivity contribution is 5.46. The Bertz CT molecular complexity index is 442. The van der Waals surface area contributed by atoms with E-state index in [4.69, 9.17) is 15.1 Å². The molecule has 0 fully saturated rings. The molecule has 108 valence electrons. The zero-order valence-corrected chi connectivity index (χ0v) is 13.3. The predicted molar refractivity (Wildman–Crippen MR) is 79.7 cm³/mol. The van der Waals surface area contributed by atoms with Crippen LogP contribution < -0.4 is 5.32 Å². The third kappa shape index (κ3) is 3.90. The molecule has 0 radical (unpaired) electrons. The van der Waals surface area contributed by atoms with Crippen LogP contribution in [0.4, 0.5) is 5.82 Å². The van der Waals surface area contributed by atoms with E-state index in [0.29, 0.717) is 6.54 Å². The number of aryl methyl sites for hydroxylation is 1. The summed E-state index contributed by atoms with van der Waals surface area (Å²) in [6.45, 7) is 15.4. The summed E-state index contributed by atoms with van der Waals surface area (Å²) in [6, 6.07) is 0. The Morgan fingerprint density at radius 3 is 1.89 bits per heavy atom. The van der Waals surface area contributed by atoms with Gasteiger partial charge in [0.15, 0.2) is 0 Å². The van der Waals surface area contributed by atoms with Gasteiger partial charge in [-0.3, -0.25) is 4.98 Å². The van der Waals surface area contributed by atoms with Crippen molar-refractivity contribution in [3.05, 3.63) is 17.1 Å². The van der Waals surface area contributed by atoms with E-state index in [1.165, 1.54) is 0 Å². The van der Waals surface area contributed by atoms with Crippen molar-refractivity contribution in [2.75, 3.05) is 18.5 Å². The smallest absolute Gasteiger partial charge is 0.148 e. The van der Waals surface area contributed by atoms with E-state index in [-0.39, 0.29) is 17.4 Å². The molecule has 4 heteroatoms. The maximum absolute atomic E-state index is 8.99. The van der Waals surface area contributed by atoms with Crippen molar-refractivity contribution in [1.82, 2.24) is 9.97 Å². The molecule has 0 unspecified atom stereocenters. The summed E-state index contributed by atoms with van der Waals surface area (Å²) in [7, 11) is 0. The van der Waals surface area contributed by atoms with Gasteiger partial charge in [0.1, 0.15) is 5.82 Å². The molecule has 4 nitrogen and oxygen atoms in total. The van der Waals surface area contributed by atoms with E-state index in [0.717, 1.165) is 22.9 Å². The first-order valence-electron chi connectivity index (χ1n) is 6.81. The highest BCUT2D eigenvalue weighted by Gasteiger charge is 2.26.